The first kappa shape index (κ1) is 29.5. The van der Waals surface area contributed by atoms with E-state index >= 15 is 0 Å². The average molecular weight is 546 g/mol. The quantitative estimate of drug-likeness (QED) is 0.319. The van der Waals surface area contributed by atoms with Gasteiger partial charge < -0.3 is 40.0 Å². The molecule has 4 N–H and O–H groups in total. The average Bonchev–Trinajstić information content (AvgIpc) is 2.96. The number of hydrogen-bond donors (Lipinski definition) is 4. The molecule has 11 nitrogen and oxygen atoms in total. The van der Waals surface area contributed by atoms with E-state index < -0.39 is 0 Å². The zero-order chi connectivity index (χ0) is 27.6. The molecule has 0 amide bonds. The molecular weight excluding hydrogens is 498 g/mol. The van der Waals surface area contributed by atoms with Crippen LogP contribution < -0.4 is 9.80 Å². The number of amidine groups is 1. The van der Waals surface area contributed by atoms with Gasteiger partial charge in [-0.25, -0.2) is 9.98 Å². The molecule has 2 saturated heterocycles. The summed E-state index contributed by atoms with van der Waals surface area (Å²) in [5, 5.41) is 39.1. The van der Waals surface area contributed by atoms with Gasteiger partial charge in [-0.05, 0) is 63.9 Å². The van der Waals surface area contributed by atoms with Gasteiger partial charge in [0.05, 0.1) is 26.4 Å². The van der Waals surface area contributed by atoms with Gasteiger partial charge in [0, 0.05) is 57.9 Å². The fourth-order valence-corrected chi connectivity index (χ4v) is 5.84. The highest BCUT2D eigenvalue weighted by Gasteiger charge is 2.30. The van der Waals surface area contributed by atoms with E-state index in [9.17, 15) is 20.4 Å². The highest BCUT2D eigenvalue weighted by Crippen LogP contribution is 2.33. The van der Waals surface area contributed by atoms with E-state index in [4.69, 9.17) is 15.0 Å². The molecule has 1 aromatic rings. The van der Waals surface area contributed by atoms with Crippen molar-refractivity contribution in [3.63, 3.8) is 0 Å². The number of allylic oxidation sites excluding steroid dienone is 1. The minimum absolute atomic E-state index is 0.0232. The normalized spacial score (nSPS) is 21.6. The van der Waals surface area contributed by atoms with Crippen LogP contribution in [-0.2, 0) is 6.42 Å². The number of likely N-dealkylation sites (tertiary alicyclic amines) is 1. The lowest BCUT2D eigenvalue weighted by Crippen LogP contribution is -2.41. The molecular formula is C28H47N7O4. The van der Waals surface area contributed by atoms with Gasteiger partial charge in [-0.3, -0.25) is 0 Å². The molecule has 1 aromatic heterocycles. The van der Waals surface area contributed by atoms with Crippen LogP contribution in [0.3, 0.4) is 0 Å². The molecule has 0 saturated carbocycles. The number of piperidine rings is 2. The van der Waals surface area contributed by atoms with E-state index in [0.717, 1.165) is 99.0 Å². The van der Waals surface area contributed by atoms with Gasteiger partial charge in [0.15, 0.2) is 5.84 Å². The van der Waals surface area contributed by atoms with Gasteiger partial charge in [-0.2, -0.15) is 4.98 Å². The summed E-state index contributed by atoms with van der Waals surface area (Å²) in [7, 11) is 0. The summed E-state index contributed by atoms with van der Waals surface area (Å²) in [5.41, 5.74) is 3.04. The van der Waals surface area contributed by atoms with Crippen molar-refractivity contribution < 1.29 is 20.4 Å². The van der Waals surface area contributed by atoms with Crippen LogP contribution in [-0.4, -0.2) is 125 Å². The maximum absolute atomic E-state index is 9.78. The molecule has 39 heavy (non-hydrogen) atoms. The Morgan fingerprint density at radius 3 is 1.77 bits per heavy atom. The summed E-state index contributed by atoms with van der Waals surface area (Å²) >= 11 is 0. The van der Waals surface area contributed by atoms with Crippen molar-refractivity contribution in [2.45, 2.75) is 58.3 Å². The molecule has 0 aliphatic carbocycles. The first-order valence-electron chi connectivity index (χ1n) is 14.7. The number of aliphatic hydroxyl groups is 4. The smallest absolute Gasteiger partial charge is 0.228 e. The predicted molar refractivity (Wildman–Crippen MR) is 153 cm³/mol. The third kappa shape index (κ3) is 7.19. The van der Waals surface area contributed by atoms with Crippen LogP contribution in [0.15, 0.2) is 16.4 Å². The van der Waals surface area contributed by atoms with Crippen molar-refractivity contribution in [3.8, 4) is 0 Å². The largest absolute Gasteiger partial charge is 0.395 e. The highest BCUT2D eigenvalue weighted by molar-refractivity contribution is 6.00. The molecule has 4 heterocycles. The molecule has 2 fully saturated rings. The summed E-state index contributed by atoms with van der Waals surface area (Å²) in [6, 6.07) is 0. The Morgan fingerprint density at radius 2 is 1.21 bits per heavy atom. The number of aliphatic hydroxyl groups excluding tert-OH is 4. The summed E-state index contributed by atoms with van der Waals surface area (Å²) in [5.74, 6) is 3.06. The van der Waals surface area contributed by atoms with Gasteiger partial charge in [0.25, 0.3) is 0 Å². The van der Waals surface area contributed by atoms with Gasteiger partial charge >= 0.3 is 0 Å². The predicted octanol–water partition coefficient (Wildman–Crippen LogP) is 0.955. The van der Waals surface area contributed by atoms with Crippen LogP contribution in [0, 0.1) is 0 Å². The van der Waals surface area contributed by atoms with E-state index in [0.29, 0.717) is 32.1 Å². The number of anilines is 2. The number of fused-ring (bicyclic) bond motifs is 1. The van der Waals surface area contributed by atoms with Crippen molar-refractivity contribution in [2.75, 3.05) is 88.6 Å². The monoisotopic (exact) mass is 545 g/mol. The Kier molecular flexibility index (Phi) is 11.2. The second-order valence-corrected chi connectivity index (χ2v) is 10.7. The molecule has 0 radical (unpaired) electrons. The number of nitrogens with zero attached hydrogens (tertiary/aromatic N) is 7. The van der Waals surface area contributed by atoms with Gasteiger partial charge in [0.1, 0.15) is 17.3 Å². The third-order valence-electron chi connectivity index (χ3n) is 7.90. The lowest BCUT2D eigenvalue weighted by atomic mass is 9.99. The van der Waals surface area contributed by atoms with Crippen LogP contribution in [0.5, 0.6) is 0 Å². The SMILES string of the molecule is C/C1=C(N(CCO)CCO)\N=C(\N2CCCCC2)c2nc(N(CCO)CCO)nc(N3CCCCC3)c2CC1. The number of aromatic nitrogens is 2. The van der Waals surface area contributed by atoms with Crippen molar-refractivity contribution in [3.05, 3.63) is 22.7 Å². The number of rotatable bonds is 11. The van der Waals surface area contributed by atoms with E-state index in [1.54, 1.807) is 0 Å². The van der Waals surface area contributed by atoms with E-state index in [1.807, 2.05) is 9.80 Å². The van der Waals surface area contributed by atoms with Crippen LogP contribution in [0.4, 0.5) is 11.8 Å². The molecule has 0 aromatic carbocycles. The Hall–Kier alpha value is -2.47. The molecule has 218 valence electrons. The van der Waals surface area contributed by atoms with E-state index in [1.165, 1.54) is 12.8 Å². The zero-order valence-corrected chi connectivity index (χ0v) is 23.6. The number of hydrogen-bond acceptors (Lipinski definition) is 11. The van der Waals surface area contributed by atoms with Gasteiger partial charge in [-0.15, -0.1) is 0 Å². The minimum atomic E-state index is -0.0596. The Balaban J connectivity index is 1.92. The van der Waals surface area contributed by atoms with Crippen LogP contribution in [0.25, 0.3) is 0 Å². The maximum Gasteiger partial charge on any atom is 0.228 e. The first-order chi connectivity index (χ1) is 19.1. The Morgan fingerprint density at radius 1 is 0.667 bits per heavy atom. The minimum Gasteiger partial charge on any atom is -0.395 e. The number of aliphatic imine (C=N–C) groups is 1. The third-order valence-corrected chi connectivity index (χ3v) is 7.90. The molecule has 3 aliphatic heterocycles. The summed E-state index contributed by atoms with van der Waals surface area (Å²) in [6.07, 6.45) is 8.35. The Labute approximate surface area is 232 Å². The van der Waals surface area contributed by atoms with Crippen LogP contribution in [0.1, 0.15) is 63.1 Å². The molecule has 0 atom stereocenters. The highest BCUT2D eigenvalue weighted by atomic mass is 16.3. The van der Waals surface area contributed by atoms with Crippen LogP contribution in [0.2, 0.25) is 0 Å². The van der Waals surface area contributed by atoms with Crippen molar-refractivity contribution >= 4 is 17.6 Å². The second-order valence-electron chi connectivity index (χ2n) is 10.7. The van der Waals surface area contributed by atoms with Gasteiger partial charge in [-0.1, -0.05) is 0 Å². The molecule has 4 rings (SSSR count). The summed E-state index contributed by atoms with van der Waals surface area (Å²) < 4.78 is 0. The molecule has 0 unspecified atom stereocenters. The molecule has 3 aliphatic rings. The first-order valence-corrected chi connectivity index (χ1v) is 14.7. The fourth-order valence-electron chi connectivity index (χ4n) is 5.84. The summed E-state index contributed by atoms with van der Waals surface area (Å²) in [4.78, 5) is 24.1. The molecule has 11 heteroatoms. The Bertz CT molecular complexity index is 978. The summed E-state index contributed by atoms with van der Waals surface area (Å²) in [6.45, 7) is 7.05. The van der Waals surface area contributed by atoms with Crippen molar-refractivity contribution in [1.82, 2.24) is 19.8 Å². The standard InChI is InChI=1S/C28H47N7O4/c1-22-8-9-23-24(27(33-12-6-3-7-13-33)30-25(22)34(14-18-36)15-19-37)29-28(35(16-20-38)17-21-39)31-26(23)32-10-4-2-5-11-32/h36-39H,2-21H2,1H3/b25-22-,30-27+. The molecule has 0 spiro atoms. The van der Waals surface area contributed by atoms with Gasteiger partial charge in [0.2, 0.25) is 5.95 Å². The fraction of sp³-hybridized carbons (Fsp3) is 0.750. The molecule has 0 bridgehead atoms. The lowest BCUT2D eigenvalue weighted by Gasteiger charge is -2.36. The second kappa shape index (κ2) is 14.8. The van der Waals surface area contributed by atoms with Crippen molar-refractivity contribution in [2.24, 2.45) is 4.99 Å². The zero-order valence-electron chi connectivity index (χ0n) is 23.6. The van der Waals surface area contributed by atoms with E-state index in [2.05, 4.69) is 16.7 Å². The topological polar surface area (TPSA) is 132 Å². The van der Waals surface area contributed by atoms with Crippen LogP contribution >= 0.6 is 0 Å². The lowest BCUT2D eigenvalue weighted by molar-refractivity contribution is 0.186. The van der Waals surface area contributed by atoms with Crippen molar-refractivity contribution in [1.29, 1.82) is 0 Å². The van der Waals surface area contributed by atoms with E-state index in [-0.39, 0.29) is 26.4 Å². The maximum atomic E-state index is 9.78.